The van der Waals surface area contributed by atoms with E-state index in [1.54, 1.807) is 11.8 Å². The Labute approximate surface area is 109 Å². The highest BCUT2D eigenvalue weighted by atomic mass is 79.9. The summed E-state index contributed by atoms with van der Waals surface area (Å²) in [5, 5.41) is 4.44. The van der Waals surface area contributed by atoms with E-state index < -0.39 is 0 Å². The van der Waals surface area contributed by atoms with Crippen molar-refractivity contribution in [2.45, 2.75) is 6.42 Å². The molecule has 1 aromatic carbocycles. The molecule has 4 nitrogen and oxygen atoms in total. The third kappa shape index (κ3) is 2.87. The van der Waals surface area contributed by atoms with Gasteiger partial charge in [0.15, 0.2) is 0 Å². The van der Waals surface area contributed by atoms with Crippen molar-refractivity contribution in [2.75, 3.05) is 19.5 Å². The highest BCUT2D eigenvalue weighted by Gasteiger charge is 2.06. The van der Waals surface area contributed by atoms with Gasteiger partial charge in [0.05, 0.1) is 18.0 Å². The van der Waals surface area contributed by atoms with E-state index in [0.717, 1.165) is 22.3 Å². The molecule has 0 saturated carbocycles. The van der Waals surface area contributed by atoms with Crippen molar-refractivity contribution in [1.82, 2.24) is 9.78 Å². The smallest absolute Gasteiger partial charge is 0.127 e. The maximum Gasteiger partial charge on any atom is 0.127 e. The molecule has 2 N–H and O–H groups in total. The lowest BCUT2D eigenvalue weighted by molar-refractivity contribution is 0.201. The second-order valence-corrected chi connectivity index (χ2v) is 4.61. The fourth-order valence-corrected chi connectivity index (χ4v) is 1.83. The Hall–Kier alpha value is -1.33. The van der Waals surface area contributed by atoms with Crippen LogP contribution in [0.5, 0.6) is 0 Å². The van der Waals surface area contributed by atoms with Gasteiger partial charge in [0, 0.05) is 24.1 Å². The van der Waals surface area contributed by atoms with E-state index in [9.17, 15) is 0 Å². The van der Waals surface area contributed by atoms with Gasteiger partial charge in [0.1, 0.15) is 5.82 Å². The number of benzene rings is 1. The minimum atomic E-state index is 0.637. The molecule has 0 aliphatic carbocycles. The summed E-state index contributed by atoms with van der Waals surface area (Å²) in [6, 6.07) is 9.73. The number of halogens is 1. The molecule has 1 heterocycles. The Morgan fingerprint density at radius 1 is 1.35 bits per heavy atom. The molecular weight excluding hydrogens is 282 g/mol. The molecule has 90 valence electrons. The topological polar surface area (TPSA) is 53.1 Å². The average Bonchev–Trinajstić information content (AvgIpc) is 2.69. The maximum atomic E-state index is 5.93. The van der Waals surface area contributed by atoms with Crippen LogP contribution in [-0.2, 0) is 11.2 Å². The number of nitrogens with two attached hydrogens (primary N) is 1. The van der Waals surface area contributed by atoms with Crippen LogP contribution in [0.25, 0.3) is 5.69 Å². The molecule has 0 spiro atoms. The SMILES string of the molecule is COCCc1cc(N)n(-c2ccc(Br)cc2)n1. The summed E-state index contributed by atoms with van der Waals surface area (Å²) >= 11 is 3.40. The molecule has 5 heteroatoms. The number of nitrogens with zero attached hydrogens (tertiary/aromatic N) is 2. The van der Waals surface area contributed by atoms with Crippen LogP contribution in [0.4, 0.5) is 5.82 Å². The van der Waals surface area contributed by atoms with Crippen molar-refractivity contribution in [3.05, 3.63) is 40.5 Å². The first-order chi connectivity index (χ1) is 8.20. The van der Waals surface area contributed by atoms with Crippen LogP contribution in [0, 0.1) is 0 Å². The maximum absolute atomic E-state index is 5.93. The van der Waals surface area contributed by atoms with E-state index in [1.165, 1.54) is 0 Å². The van der Waals surface area contributed by atoms with Gasteiger partial charge >= 0.3 is 0 Å². The fraction of sp³-hybridized carbons (Fsp3) is 0.250. The second-order valence-electron chi connectivity index (χ2n) is 3.69. The monoisotopic (exact) mass is 295 g/mol. The van der Waals surface area contributed by atoms with Crippen molar-refractivity contribution in [2.24, 2.45) is 0 Å². The number of aromatic nitrogens is 2. The van der Waals surface area contributed by atoms with Gasteiger partial charge in [-0.25, -0.2) is 4.68 Å². The summed E-state index contributed by atoms with van der Waals surface area (Å²) in [5.74, 6) is 0.637. The van der Waals surface area contributed by atoms with Crippen LogP contribution in [-0.4, -0.2) is 23.5 Å². The predicted molar refractivity (Wildman–Crippen MR) is 71.3 cm³/mol. The average molecular weight is 296 g/mol. The first-order valence-corrected chi connectivity index (χ1v) is 6.09. The Morgan fingerprint density at radius 3 is 2.71 bits per heavy atom. The van der Waals surface area contributed by atoms with E-state index in [4.69, 9.17) is 10.5 Å². The van der Waals surface area contributed by atoms with Crippen LogP contribution in [0.3, 0.4) is 0 Å². The largest absolute Gasteiger partial charge is 0.384 e. The van der Waals surface area contributed by atoms with Gasteiger partial charge in [-0.15, -0.1) is 0 Å². The molecular formula is C12H14BrN3O. The first-order valence-electron chi connectivity index (χ1n) is 5.30. The highest BCUT2D eigenvalue weighted by molar-refractivity contribution is 9.10. The molecule has 0 aliphatic rings. The van der Waals surface area contributed by atoms with Crippen molar-refractivity contribution in [3.63, 3.8) is 0 Å². The third-order valence-electron chi connectivity index (χ3n) is 2.42. The van der Waals surface area contributed by atoms with E-state index in [-0.39, 0.29) is 0 Å². The molecule has 2 rings (SSSR count). The number of rotatable bonds is 4. The predicted octanol–water partition coefficient (Wildman–Crippen LogP) is 2.41. The first kappa shape index (κ1) is 12.1. The molecule has 0 radical (unpaired) electrons. The zero-order chi connectivity index (χ0) is 12.3. The highest BCUT2D eigenvalue weighted by Crippen LogP contribution is 2.17. The zero-order valence-electron chi connectivity index (χ0n) is 9.56. The Balaban J connectivity index is 2.26. The summed E-state index contributed by atoms with van der Waals surface area (Å²) in [6.07, 6.45) is 0.768. The van der Waals surface area contributed by atoms with Crippen LogP contribution in [0.15, 0.2) is 34.8 Å². The van der Waals surface area contributed by atoms with E-state index >= 15 is 0 Å². The summed E-state index contributed by atoms with van der Waals surface area (Å²) in [6.45, 7) is 0.650. The molecule has 0 amide bonds. The van der Waals surface area contributed by atoms with Crippen LogP contribution >= 0.6 is 15.9 Å². The Morgan fingerprint density at radius 2 is 2.06 bits per heavy atom. The third-order valence-corrected chi connectivity index (χ3v) is 2.95. The standard InChI is InChI=1S/C12H14BrN3O/c1-17-7-6-10-8-12(14)16(15-10)11-4-2-9(13)3-5-11/h2-5,8H,6-7,14H2,1H3. The lowest BCUT2D eigenvalue weighted by Crippen LogP contribution is -2.02. The Bertz CT molecular complexity index is 493. The minimum Gasteiger partial charge on any atom is -0.384 e. The number of methoxy groups -OCH3 is 1. The van der Waals surface area contributed by atoms with Gasteiger partial charge in [-0.05, 0) is 24.3 Å². The van der Waals surface area contributed by atoms with Crippen LogP contribution < -0.4 is 5.73 Å². The van der Waals surface area contributed by atoms with Gasteiger partial charge in [-0.3, -0.25) is 0 Å². The lowest BCUT2D eigenvalue weighted by Gasteiger charge is -2.03. The molecule has 1 aromatic heterocycles. The Kier molecular flexibility index (Phi) is 3.81. The van der Waals surface area contributed by atoms with Gasteiger partial charge in [-0.2, -0.15) is 5.10 Å². The molecule has 2 aromatic rings. The summed E-state index contributed by atoms with van der Waals surface area (Å²) in [7, 11) is 1.68. The van der Waals surface area contributed by atoms with Crippen molar-refractivity contribution < 1.29 is 4.74 Å². The molecule has 0 unspecified atom stereocenters. The molecule has 0 bridgehead atoms. The normalized spacial score (nSPS) is 10.7. The van der Waals surface area contributed by atoms with Crippen LogP contribution in [0.1, 0.15) is 5.69 Å². The zero-order valence-corrected chi connectivity index (χ0v) is 11.1. The minimum absolute atomic E-state index is 0.637. The lowest BCUT2D eigenvalue weighted by atomic mass is 10.3. The molecule has 0 aliphatic heterocycles. The molecule has 0 saturated heterocycles. The quantitative estimate of drug-likeness (QED) is 0.942. The number of nitrogen functional groups attached to an aromatic ring is 1. The van der Waals surface area contributed by atoms with Crippen LogP contribution in [0.2, 0.25) is 0 Å². The number of ether oxygens (including phenoxy) is 1. The van der Waals surface area contributed by atoms with Gasteiger partial charge in [0.25, 0.3) is 0 Å². The molecule has 0 atom stereocenters. The number of anilines is 1. The van der Waals surface area contributed by atoms with E-state index in [2.05, 4.69) is 21.0 Å². The van der Waals surface area contributed by atoms with E-state index in [1.807, 2.05) is 30.3 Å². The number of hydrogen-bond donors (Lipinski definition) is 1. The molecule has 0 fully saturated rings. The van der Waals surface area contributed by atoms with Gasteiger partial charge < -0.3 is 10.5 Å². The fourth-order valence-electron chi connectivity index (χ4n) is 1.56. The van der Waals surface area contributed by atoms with Crippen molar-refractivity contribution in [3.8, 4) is 5.69 Å². The van der Waals surface area contributed by atoms with Gasteiger partial charge in [0.2, 0.25) is 0 Å². The summed E-state index contributed by atoms with van der Waals surface area (Å²) in [4.78, 5) is 0. The summed E-state index contributed by atoms with van der Waals surface area (Å²) in [5.41, 5.74) is 7.82. The van der Waals surface area contributed by atoms with Crippen molar-refractivity contribution in [1.29, 1.82) is 0 Å². The summed E-state index contributed by atoms with van der Waals surface area (Å²) < 4.78 is 7.79. The van der Waals surface area contributed by atoms with Gasteiger partial charge in [-0.1, -0.05) is 15.9 Å². The number of hydrogen-bond acceptors (Lipinski definition) is 3. The van der Waals surface area contributed by atoms with E-state index in [0.29, 0.717) is 12.4 Å². The second kappa shape index (κ2) is 5.33. The molecule has 17 heavy (non-hydrogen) atoms. The van der Waals surface area contributed by atoms with Crippen molar-refractivity contribution >= 4 is 21.7 Å².